The maximum atomic E-state index is 14.6. The topological polar surface area (TPSA) is 29.5 Å². The summed E-state index contributed by atoms with van der Waals surface area (Å²) in [5.74, 6) is 0.261. The van der Waals surface area contributed by atoms with Gasteiger partial charge in [0.15, 0.2) is 0 Å². The number of hydrogen-bond donors (Lipinski definition) is 0. The van der Waals surface area contributed by atoms with Gasteiger partial charge in [0.05, 0.1) is 6.10 Å². The van der Waals surface area contributed by atoms with Crippen LogP contribution in [-0.4, -0.2) is 36.6 Å². The number of methoxy groups -OCH3 is 1. The predicted octanol–water partition coefficient (Wildman–Crippen LogP) is 4.47. The molecule has 3 aliphatic rings. The number of likely N-dealkylation sites (tertiary alicyclic amines) is 1. The van der Waals surface area contributed by atoms with E-state index in [9.17, 15) is 9.18 Å². The number of benzene rings is 1. The molecule has 1 amide bonds. The predicted molar refractivity (Wildman–Crippen MR) is 104 cm³/mol. The van der Waals surface area contributed by atoms with Crippen LogP contribution >= 0.6 is 0 Å². The fraction of sp³-hybridized carbons (Fsp3) is 0.696. The summed E-state index contributed by atoms with van der Waals surface area (Å²) in [6, 6.07) is 5.56. The van der Waals surface area contributed by atoms with Crippen molar-refractivity contribution >= 4 is 5.91 Å². The average molecular weight is 374 g/mol. The van der Waals surface area contributed by atoms with E-state index >= 15 is 0 Å². The van der Waals surface area contributed by atoms with Gasteiger partial charge in [-0.2, -0.15) is 0 Å². The first-order valence-corrected chi connectivity index (χ1v) is 10.4. The van der Waals surface area contributed by atoms with Crippen molar-refractivity contribution in [1.29, 1.82) is 0 Å². The molecule has 1 aromatic rings. The number of ether oxygens (including phenoxy) is 1. The van der Waals surface area contributed by atoms with Gasteiger partial charge in [-0.1, -0.05) is 32.9 Å². The highest BCUT2D eigenvalue weighted by atomic mass is 19.1. The quantitative estimate of drug-likeness (QED) is 0.765. The molecule has 4 rings (SSSR count). The fourth-order valence-electron chi connectivity index (χ4n) is 5.95. The van der Waals surface area contributed by atoms with Crippen molar-refractivity contribution in [2.45, 2.75) is 76.9 Å². The Morgan fingerprint density at radius 2 is 1.89 bits per heavy atom. The molecule has 27 heavy (non-hydrogen) atoms. The molecule has 1 aromatic carbocycles. The van der Waals surface area contributed by atoms with Crippen LogP contribution in [0.25, 0.3) is 0 Å². The van der Waals surface area contributed by atoms with Crippen LogP contribution in [-0.2, 0) is 21.4 Å². The normalized spacial score (nSPS) is 34.9. The molecule has 1 heterocycles. The smallest absolute Gasteiger partial charge is 0.225 e. The second-order valence-corrected chi connectivity index (χ2v) is 9.53. The third kappa shape index (κ3) is 2.74. The number of nitrogens with zero attached hydrogens (tertiary/aromatic N) is 1. The van der Waals surface area contributed by atoms with Crippen molar-refractivity contribution in [3.05, 3.63) is 35.1 Å². The summed E-state index contributed by atoms with van der Waals surface area (Å²) < 4.78 is 20.1. The summed E-state index contributed by atoms with van der Waals surface area (Å²) in [7, 11) is 1.76. The molecule has 2 atom stereocenters. The standard InChI is InChI=1S/C23H32FNO2/c1-22(2)20-14-17-18(6-5-7-19(17)24)23(22,3)12-13-25(20)21(26)15-8-10-16(27-4)11-9-15/h5-7,15-16,20H,8-14H2,1-4H3/t15?,16?,20-,23+/m1/s1. The Morgan fingerprint density at radius 1 is 1.19 bits per heavy atom. The zero-order valence-electron chi connectivity index (χ0n) is 17.1. The minimum absolute atomic E-state index is 0.0632. The van der Waals surface area contributed by atoms with Gasteiger partial charge in [0.2, 0.25) is 5.91 Å². The Kier molecular flexibility index (Phi) is 4.61. The van der Waals surface area contributed by atoms with Crippen LogP contribution < -0.4 is 0 Å². The Morgan fingerprint density at radius 3 is 2.56 bits per heavy atom. The van der Waals surface area contributed by atoms with Gasteiger partial charge in [0, 0.05) is 31.0 Å². The largest absolute Gasteiger partial charge is 0.381 e. The van der Waals surface area contributed by atoms with Crippen LogP contribution in [0.3, 0.4) is 0 Å². The molecule has 0 unspecified atom stereocenters. The molecule has 2 fully saturated rings. The Labute approximate surface area is 162 Å². The van der Waals surface area contributed by atoms with E-state index in [1.807, 2.05) is 6.07 Å². The number of hydrogen-bond acceptors (Lipinski definition) is 2. The molecular weight excluding hydrogens is 341 g/mol. The van der Waals surface area contributed by atoms with Crippen LogP contribution in [0.15, 0.2) is 18.2 Å². The molecular formula is C23H32FNO2. The molecule has 2 aliphatic carbocycles. The second kappa shape index (κ2) is 6.58. The van der Waals surface area contributed by atoms with Gasteiger partial charge in [-0.05, 0) is 61.1 Å². The number of amides is 1. The fourth-order valence-corrected chi connectivity index (χ4v) is 5.95. The minimum atomic E-state index is -0.117. The first kappa shape index (κ1) is 18.9. The molecule has 1 saturated heterocycles. The SMILES string of the molecule is COC1CCC(C(=O)N2CC[C@@]3(C)c4cccc(F)c4C[C@@H]2C3(C)C)CC1. The van der Waals surface area contributed by atoms with E-state index in [2.05, 4.69) is 31.7 Å². The molecule has 2 bridgehead atoms. The molecule has 3 nitrogen and oxygen atoms in total. The summed E-state index contributed by atoms with van der Waals surface area (Å²) >= 11 is 0. The molecule has 148 valence electrons. The zero-order valence-corrected chi connectivity index (χ0v) is 17.1. The van der Waals surface area contributed by atoms with Gasteiger partial charge in [0.1, 0.15) is 5.82 Å². The van der Waals surface area contributed by atoms with E-state index in [1.165, 1.54) is 0 Å². The highest BCUT2D eigenvalue weighted by molar-refractivity contribution is 5.80. The van der Waals surface area contributed by atoms with Crippen LogP contribution in [0.5, 0.6) is 0 Å². The Balaban J connectivity index is 1.64. The van der Waals surface area contributed by atoms with E-state index in [4.69, 9.17) is 4.74 Å². The van der Waals surface area contributed by atoms with Crippen LogP contribution in [0, 0.1) is 17.2 Å². The molecule has 4 heteroatoms. The molecule has 0 radical (unpaired) electrons. The third-order valence-corrected chi connectivity index (χ3v) is 8.23. The monoisotopic (exact) mass is 373 g/mol. The van der Waals surface area contributed by atoms with Crippen molar-refractivity contribution in [3.8, 4) is 0 Å². The summed E-state index contributed by atoms with van der Waals surface area (Å²) in [6.07, 6.45) is 5.56. The average Bonchev–Trinajstić information content (AvgIpc) is 2.65. The van der Waals surface area contributed by atoms with Crippen molar-refractivity contribution < 1.29 is 13.9 Å². The molecule has 0 spiro atoms. The van der Waals surface area contributed by atoms with Crippen molar-refractivity contribution in [1.82, 2.24) is 4.90 Å². The van der Waals surface area contributed by atoms with Gasteiger partial charge in [0.25, 0.3) is 0 Å². The lowest BCUT2D eigenvalue weighted by Gasteiger charge is -2.61. The van der Waals surface area contributed by atoms with Crippen molar-refractivity contribution in [3.63, 3.8) is 0 Å². The summed E-state index contributed by atoms with van der Waals surface area (Å²) in [5.41, 5.74) is 1.80. The Hall–Kier alpha value is -1.42. The van der Waals surface area contributed by atoms with E-state index < -0.39 is 0 Å². The van der Waals surface area contributed by atoms with Gasteiger partial charge in [-0.3, -0.25) is 4.79 Å². The van der Waals surface area contributed by atoms with E-state index in [0.29, 0.717) is 12.5 Å². The lowest BCUT2D eigenvalue weighted by molar-refractivity contribution is -0.150. The number of carbonyl (C=O) groups excluding carboxylic acids is 1. The summed E-state index contributed by atoms with van der Waals surface area (Å²) in [6.45, 7) is 7.59. The molecule has 0 N–H and O–H groups in total. The number of piperidine rings is 1. The van der Waals surface area contributed by atoms with Crippen LogP contribution in [0.1, 0.15) is 64.0 Å². The second-order valence-electron chi connectivity index (χ2n) is 9.53. The van der Waals surface area contributed by atoms with Crippen LogP contribution in [0.2, 0.25) is 0 Å². The van der Waals surface area contributed by atoms with E-state index in [-0.39, 0.29) is 34.5 Å². The first-order chi connectivity index (χ1) is 12.8. The summed E-state index contributed by atoms with van der Waals surface area (Å²) in [4.78, 5) is 15.5. The summed E-state index contributed by atoms with van der Waals surface area (Å²) in [5, 5.41) is 0. The molecule has 1 aliphatic heterocycles. The third-order valence-electron chi connectivity index (χ3n) is 8.23. The number of halogens is 1. The first-order valence-electron chi connectivity index (χ1n) is 10.4. The van der Waals surface area contributed by atoms with Gasteiger partial charge in [-0.25, -0.2) is 4.39 Å². The molecule has 0 aromatic heterocycles. The maximum absolute atomic E-state index is 14.6. The lowest BCUT2D eigenvalue weighted by Crippen LogP contribution is -2.65. The van der Waals surface area contributed by atoms with E-state index in [1.54, 1.807) is 13.2 Å². The van der Waals surface area contributed by atoms with Crippen LogP contribution in [0.4, 0.5) is 4.39 Å². The minimum Gasteiger partial charge on any atom is -0.381 e. The number of carbonyl (C=O) groups is 1. The lowest BCUT2D eigenvalue weighted by atomic mass is 9.51. The highest BCUT2D eigenvalue weighted by Crippen LogP contribution is 2.56. The van der Waals surface area contributed by atoms with Crippen molar-refractivity contribution in [2.75, 3.05) is 13.7 Å². The number of fused-ring (bicyclic) bond motifs is 4. The maximum Gasteiger partial charge on any atom is 0.225 e. The van der Waals surface area contributed by atoms with E-state index in [0.717, 1.165) is 49.8 Å². The van der Waals surface area contributed by atoms with Gasteiger partial charge >= 0.3 is 0 Å². The number of rotatable bonds is 2. The zero-order chi connectivity index (χ0) is 19.4. The van der Waals surface area contributed by atoms with Crippen molar-refractivity contribution in [2.24, 2.45) is 11.3 Å². The Bertz CT molecular complexity index is 738. The van der Waals surface area contributed by atoms with Gasteiger partial charge < -0.3 is 9.64 Å². The molecule has 1 saturated carbocycles. The van der Waals surface area contributed by atoms with Gasteiger partial charge in [-0.15, -0.1) is 0 Å². The highest BCUT2D eigenvalue weighted by Gasteiger charge is 2.57.